The Bertz CT molecular complexity index is 1120. The van der Waals surface area contributed by atoms with Crippen molar-refractivity contribution in [3.63, 3.8) is 0 Å². The first-order valence-electron chi connectivity index (χ1n) is 9.16. The van der Waals surface area contributed by atoms with E-state index < -0.39 is 27.7 Å². The number of thioether (sulfide) groups is 2. The molecule has 2 aromatic rings. The number of nitrogens with zero attached hydrogens (tertiary/aromatic N) is 1. The third-order valence-electron chi connectivity index (χ3n) is 4.56. The van der Waals surface area contributed by atoms with Gasteiger partial charge in [-0.2, -0.15) is 13.2 Å². The van der Waals surface area contributed by atoms with Crippen molar-refractivity contribution >= 4 is 50.9 Å². The van der Waals surface area contributed by atoms with Gasteiger partial charge in [-0.15, -0.1) is 23.5 Å². The lowest BCUT2D eigenvalue weighted by atomic mass is 10.1. The quantitative estimate of drug-likeness (QED) is 0.470. The van der Waals surface area contributed by atoms with Crippen LogP contribution in [0.2, 0.25) is 5.02 Å². The highest BCUT2D eigenvalue weighted by Crippen LogP contribution is 2.36. The van der Waals surface area contributed by atoms with Gasteiger partial charge in [-0.25, -0.2) is 8.42 Å². The Morgan fingerprint density at radius 3 is 2.32 bits per heavy atom. The van der Waals surface area contributed by atoms with E-state index in [-0.39, 0.29) is 28.4 Å². The van der Waals surface area contributed by atoms with Gasteiger partial charge in [0.1, 0.15) is 0 Å². The maximum atomic E-state index is 13.2. The molecule has 2 aromatic carbocycles. The minimum absolute atomic E-state index is 0.0563. The van der Waals surface area contributed by atoms with Crippen molar-refractivity contribution in [1.82, 2.24) is 4.90 Å². The lowest BCUT2D eigenvalue weighted by Gasteiger charge is -2.18. The van der Waals surface area contributed by atoms with Crippen molar-refractivity contribution in [3.8, 4) is 0 Å². The highest BCUT2D eigenvalue weighted by Gasteiger charge is 2.31. The molecule has 31 heavy (non-hydrogen) atoms. The molecule has 0 spiro atoms. The molecule has 0 unspecified atom stereocenters. The molecule has 1 heterocycles. The van der Waals surface area contributed by atoms with Crippen molar-refractivity contribution in [1.29, 1.82) is 0 Å². The van der Waals surface area contributed by atoms with E-state index >= 15 is 0 Å². The van der Waals surface area contributed by atoms with Crippen LogP contribution in [0.5, 0.6) is 0 Å². The third-order valence-corrected chi connectivity index (χ3v) is 8.18. The number of rotatable bonds is 6. The molecular weight excluding hydrogens is 491 g/mol. The molecule has 0 fully saturated rings. The van der Waals surface area contributed by atoms with Crippen molar-refractivity contribution < 1.29 is 26.4 Å². The number of benzene rings is 2. The van der Waals surface area contributed by atoms with Gasteiger partial charge in [0.15, 0.2) is 9.84 Å². The highest BCUT2D eigenvalue weighted by molar-refractivity contribution is 7.99. The highest BCUT2D eigenvalue weighted by atomic mass is 35.5. The molecule has 0 aliphatic carbocycles. The number of amides is 1. The summed E-state index contributed by atoms with van der Waals surface area (Å²) in [6, 6.07) is 7.36. The van der Waals surface area contributed by atoms with Gasteiger partial charge in [-0.3, -0.25) is 4.79 Å². The molecule has 0 saturated carbocycles. The molecular formula is C20H19ClF3NO3S3. The zero-order valence-electron chi connectivity index (χ0n) is 16.6. The Morgan fingerprint density at radius 1 is 1.10 bits per heavy atom. The smallest absolute Gasteiger partial charge is 0.330 e. The van der Waals surface area contributed by atoms with E-state index in [9.17, 15) is 26.4 Å². The normalized spacial score (nSPS) is 14.1. The number of alkyl halides is 3. The summed E-state index contributed by atoms with van der Waals surface area (Å²) in [4.78, 5) is 15.6. The van der Waals surface area contributed by atoms with E-state index in [1.54, 1.807) is 17.8 Å². The monoisotopic (exact) mass is 509 g/mol. The lowest BCUT2D eigenvalue weighted by Crippen LogP contribution is -2.26. The second kappa shape index (κ2) is 9.25. The molecule has 1 aliphatic rings. The SMILES string of the molecule is CCSc1cc2c(cc1Cl)CN(C(=O)c1cc(S(C)(=O)=O)ccc1SCC(F)(F)F)C2. The average molecular weight is 510 g/mol. The fourth-order valence-electron chi connectivity index (χ4n) is 3.17. The van der Waals surface area contributed by atoms with Gasteiger partial charge in [-0.05, 0) is 47.2 Å². The zero-order chi connectivity index (χ0) is 23.0. The molecule has 0 aromatic heterocycles. The molecule has 11 heteroatoms. The maximum Gasteiger partial charge on any atom is 0.398 e. The summed E-state index contributed by atoms with van der Waals surface area (Å²) >= 11 is 8.35. The largest absolute Gasteiger partial charge is 0.398 e. The summed E-state index contributed by atoms with van der Waals surface area (Å²) in [5.74, 6) is -0.870. The zero-order valence-corrected chi connectivity index (χ0v) is 19.8. The fraction of sp³-hybridized carbons (Fsp3) is 0.350. The van der Waals surface area contributed by atoms with E-state index in [4.69, 9.17) is 11.6 Å². The van der Waals surface area contributed by atoms with Crippen LogP contribution in [0.3, 0.4) is 0 Å². The summed E-state index contributed by atoms with van der Waals surface area (Å²) in [7, 11) is -3.64. The predicted molar refractivity (Wildman–Crippen MR) is 118 cm³/mol. The minimum Gasteiger partial charge on any atom is -0.330 e. The van der Waals surface area contributed by atoms with Crippen LogP contribution in [0.1, 0.15) is 28.4 Å². The second-order valence-electron chi connectivity index (χ2n) is 6.98. The number of halogens is 4. The third kappa shape index (κ3) is 5.91. The number of fused-ring (bicyclic) bond motifs is 1. The van der Waals surface area contributed by atoms with Gasteiger partial charge < -0.3 is 4.90 Å². The first kappa shape index (κ1) is 24.3. The second-order valence-corrected chi connectivity index (χ2v) is 11.7. The fourth-order valence-corrected chi connectivity index (χ4v) is 5.69. The molecule has 4 nitrogen and oxygen atoms in total. The van der Waals surface area contributed by atoms with E-state index in [1.807, 2.05) is 13.0 Å². The van der Waals surface area contributed by atoms with Gasteiger partial charge in [0.05, 0.1) is 21.2 Å². The number of hydrogen-bond acceptors (Lipinski definition) is 5. The van der Waals surface area contributed by atoms with Gasteiger partial charge in [0.25, 0.3) is 5.91 Å². The van der Waals surface area contributed by atoms with Crippen molar-refractivity contribution in [2.24, 2.45) is 0 Å². The average Bonchev–Trinajstić information content (AvgIpc) is 3.07. The van der Waals surface area contributed by atoms with Gasteiger partial charge in [-0.1, -0.05) is 18.5 Å². The Balaban J connectivity index is 1.93. The summed E-state index contributed by atoms with van der Waals surface area (Å²) < 4.78 is 62.1. The molecule has 0 atom stereocenters. The summed E-state index contributed by atoms with van der Waals surface area (Å²) in [5.41, 5.74) is 1.72. The van der Waals surface area contributed by atoms with E-state index in [0.29, 0.717) is 16.8 Å². The summed E-state index contributed by atoms with van der Waals surface area (Å²) in [6.07, 6.45) is -3.44. The van der Waals surface area contributed by atoms with Crippen molar-refractivity contribution in [2.45, 2.75) is 40.9 Å². The molecule has 0 N–H and O–H groups in total. The van der Waals surface area contributed by atoms with E-state index in [0.717, 1.165) is 34.1 Å². The van der Waals surface area contributed by atoms with Crippen LogP contribution >= 0.6 is 35.1 Å². The number of sulfone groups is 1. The van der Waals surface area contributed by atoms with Gasteiger partial charge in [0.2, 0.25) is 0 Å². The lowest BCUT2D eigenvalue weighted by molar-refractivity contribution is -0.105. The van der Waals surface area contributed by atoms with Crippen LogP contribution in [0.25, 0.3) is 0 Å². The first-order chi connectivity index (χ1) is 14.4. The first-order valence-corrected chi connectivity index (χ1v) is 13.4. The van der Waals surface area contributed by atoms with Crippen LogP contribution in [0.4, 0.5) is 13.2 Å². The minimum atomic E-state index is -4.42. The molecule has 0 bridgehead atoms. The Hall–Kier alpha value is -1.36. The molecule has 3 rings (SSSR count). The summed E-state index contributed by atoms with van der Waals surface area (Å²) in [6.45, 7) is 2.52. The molecule has 168 valence electrons. The predicted octanol–water partition coefficient (Wildman–Crippen LogP) is 5.67. The van der Waals surface area contributed by atoms with Crippen LogP contribution < -0.4 is 0 Å². The number of carbonyl (C=O) groups excluding carboxylic acids is 1. The van der Waals surface area contributed by atoms with E-state index in [1.165, 1.54) is 17.0 Å². The molecule has 0 saturated heterocycles. The van der Waals surface area contributed by atoms with Crippen molar-refractivity contribution in [2.75, 3.05) is 17.8 Å². The Morgan fingerprint density at radius 2 is 1.74 bits per heavy atom. The van der Waals surface area contributed by atoms with Gasteiger partial charge >= 0.3 is 6.18 Å². The van der Waals surface area contributed by atoms with Gasteiger partial charge in [0, 0.05) is 29.1 Å². The van der Waals surface area contributed by atoms with Crippen LogP contribution in [0.15, 0.2) is 45.0 Å². The molecule has 1 amide bonds. The van der Waals surface area contributed by atoms with Crippen LogP contribution in [0, 0.1) is 0 Å². The number of carbonyl (C=O) groups is 1. The van der Waals surface area contributed by atoms with E-state index in [2.05, 4.69) is 0 Å². The topological polar surface area (TPSA) is 54.5 Å². The van der Waals surface area contributed by atoms with Crippen molar-refractivity contribution in [3.05, 3.63) is 52.0 Å². The standard InChI is InChI=1S/C20H19ClF3NO3S3/c1-3-29-18-7-13-10-25(9-12(13)6-16(18)21)19(26)15-8-14(31(2,27)28)4-5-17(15)30-11-20(22,23)24/h4-8H,3,9-11H2,1-2H3. The van der Waals surface area contributed by atoms with Crippen LogP contribution in [-0.4, -0.2) is 43.2 Å². The summed E-state index contributed by atoms with van der Waals surface area (Å²) in [5, 5.41) is 0.584. The molecule has 1 aliphatic heterocycles. The maximum absolute atomic E-state index is 13.2. The number of hydrogen-bond donors (Lipinski definition) is 0. The van der Waals surface area contributed by atoms with Crippen LogP contribution in [-0.2, 0) is 22.9 Å². The Kier molecular flexibility index (Phi) is 7.25. The Labute approximate surface area is 192 Å². The molecule has 0 radical (unpaired) electrons.